The zero-order valence-electron chi connectivity index (χ0n) is 13.5. The molecule has 1 atom stereocenters. The van der Waals surface area contributed by atoms with Gasteiger partial charge in [-0.2, -0.15) is 0 Å². The molecule has 1 aromatic heterocycles. The van der Waals surface area contributed by atoms with E-state index in [0.717, 1.165) is 0 Å². The van der Waals surface area contributed by atoms with Gasteiger partial charge in [0.2, 0.25) is 11.8 Å². The molecule has 3 rings (SSSR count). The van der Waals surface area contributed by atoms with Crippen LogP contribution in [0.1, 0.15) is 25.7 Å². The summed E-state index contributed by atoms with van der Waals surface area (Å²) >= 11 is 0. The van der Waals surface area contributed by atoms with Crippen molar-refractivity contribution < 1.29 is 19.5 Å². The molecule has 0 aromatic carbocycles. The summed E-state index contributed by atoms with van der Waals surface area (Å²) in [6.07, 6.45) is 2.76. The van der Waals surface area contributed by atoms with Crippen LogP contribution in [0.5, 0.6) is 0 Å². The second kappa shape index (κ2) is 6.17. The van der Waals surface area contributed by atoms with Crippen LogP contribution in [0.2, 0.25) is 0 Å². The molecule has 2 aliphatic rings. The molecule has 130 valence electrons. The Morgan fingerprint density at radius 2 is 2.08 bits per heavy atom. The highest BCUT2D eigenvalue weighted by Gasteiger charge is 2.55. The fraction of sp³-hybridized carbons (Fsp3) is 0.714. The van der Waals surface area contributed by atoms with Gasteiger partial charge in [0.15, 0.2) is 0 Å². The highest BCUT2D eigenvalue weighted by Crippen LogP contribution is 2.42. The van der Waals surface area contributed by atoms with E-state index in [0.29, 0.717) is 32.5 Å². The first-order valence-electron chi connectivity index (χ1n) is 7.92. The maximum absolute atomic E-state index is 12.3. The van der Waals surface area contributed by atoms with Crippen LogP contribution >= 0.6 is 0 Å². The number of carbonyl (C=O) groups excluding carboxylic acids is 2. The minimum atomic E-state index is -0.939. The Morgan fingerprint density at radius 1 is 1.38 bits per heavy atom. The van der Waals surface area contributed by atoms with Gasteiger partial charge in [-0.1, -0.05) is 0 Å². The van der Waals surface area contributed by atoms with Gasteiger partial charge in [0, 0.05) is 33.0 Å². The first-order chi connectivity index (χ1) is 11.4. The summed E-state index contributed by atoms with van der Waals surface area (Å²) in [5.74, 6) is -1.79. The molecule has 10 heteroatoms. The third kappa shape index (κ3) is 2.72. The molecule has 2 aliphatic heterocycles. The average Bonchev–Trinajstić information content (AvgIpc) is 3.17. The number of hydrogen-bond acceptors (Lipinski definition) is 6. The largest absolute Gasteiger partial charge is 0.481 e. The molecular formula is C14H20N6O4. The van der Waals surface area contributed by atoms with E-state index < -0.39 is 17.4 Å². The molecule has 2 saturated heterocycles. The maximum atomic E-state index is 12.3. The highest BCUT2D eigenvalue weighted by atomic mass is 16.4. The Hall–Kier alpha value is -2.52. The monoisotopic (exact) mass is 336 g/mol. The van der Waals surface area contributed by atoms with Crippen molar-refractivity contribution in [3.63, 3.8) is 0 Å². The van der Waals surface area contributed by atoms with Crippen LogP contribution in [0.15, 0.2) is 6.33 Å². The van der Waals surface area contributed by atoms with Crippen molar-refractivity contribution in [2.75, 3.05) is 20.1 Å². The summed E-state index contributed by atoms with van der Waals surface area (Å²) in [5.41, 5.74) is -0.671. The van der Waals surface area contributed by atoms with Gasteiger partial charge in [-0.25, -0.2) is 4.68 Å². The molecule has 10 nitrogen and oxygen atoms in total. The molecule has 1 N–H and O–H groups in total. The summed E-state index contributed by atoms with van der Waals surface area (Å²) in [7, 11) is 1.67. The lowest BCUT2D eigenvalue weighted by molar-refractivity contribution is -0.147. The fourth-order valence-corrected chi connectivity index (χ4v) is 3.78. The van der Waals surface area contributed by atoms with Gasteiger partial charge in [0.25, 0.3) is 0 Å². The van der Waals surface area contributed by atoms with Gasteiger partial charge < -0.3 is 14.9 Å². The van der Waals surface area contributed by atoms with Crippen LogP contribution < -0.4 is 0 Å². The van der Waals surface area contributed by atoms with Crippen molar-refractivity contribution in [3.05, 3.63) is 6.33 Å². The smallest absolute Gasteiger partial charge is 0.309 e. The van der Waals surface area contributed by atoms with Crippen LogP contribution in [0, 0.1) is 5.92 Å². The van der Waals surface area contributed by atoms with Crippen LogP contribution in [0.3, 0.4) is 0 Å². The van der Waals surface area contributed by atoms with Crippen molar-refractivity contribution in [3.8, 4) is 0 Å². The van der Waals surface area contributed by atoms with E-state index in [1.165, 1.54) is 11.0 Å². The number of aromatic nitrogens is 4. The molecule has 0 aliphatic carbocycles. The summed E-state index contributed by atoms with van der Waals surface area (Å²) in [4.78, 5) is 39.1. The zero-order chi connectivity index (χ0) is 17.3. The molecule has 0 radical (unpaired) electrons. The number of amides is 2. The Labute approximate surface area is 138 Å². The number of piperidine rings is 1. The number of aliphatic carboxylic acids is 1. The predicted octanol–water partition coefficient (Wildman–Crippen LogP) is -1.01. The summed E-state index contributed by atoms with van der Waals surface area (Å²) in [5, 5.41) is 20.2. The second-order valence-electron chi connectivity index (χ2n) is 6.35. The standard InChI is InChI=1S/C14H20N6O4/c1-18-12(22)8-10(13(23)24)14(18)3-6-19(7-4-14)11(21)2-5-20-9-15-16-17-20/h9-10H,2-8H2,1H3,(H,23,24)/t10-/m1/s1. The molecule has 24 heavy (non-hydrogen) atoms. The number of aryl methyl sites for hydroxylation is 1. The first-order valence-corrected chi connectivity index (χ1v) is 7.92. The second-order valence-corrected chi connectivity index (χ2v) is 6.35. The number of likely N-dealkylation sites (tertiary alicyclic amines) is 2. The van der Waals surface area contributed by atoms with Crippen molar-refractivity contribution in [1.82, 2.24) is 30.0 Å². The van der Waals surface area contributed by atoms with Crippen LogP contribution in [-0.4, -0.2) is 78.6 Å². The summed E-state index contributed by atoms with van der Waals surface area (Å²) in [6.45, 7) is 1.31. The third-order valence-corrected chi connectivity index (χ3v) is 5.30. The first kappa shape index (κ1) is 16.3. The van der Waals surface area contributed by atoms with Gasteiger partial charge in [-0.05, 0) is 23.3 Å². The number of rotatable bonds is 4. The normalized spacial score (nSPS) is 23.0. The van der Waals surface area contributed by atoms with Crippen LogP contribution in [0.25, 0.3) is 0 Å². The summed E-state index contributed by atoms with van der Waals surface area (Å²) in [6, 6.07) is 0. The van der Waals surface area contributed by atoms with Gasteiger partial charge >= 0.3 is 5.97 Å². The Morgan fingerprint density at radius 3 is 2.67 bits per heavy atom. The molecule has 2 fully saturated rings. The quantitative estimate of drug-likeness (QED) is 0.747. The molecule has 2 amide bonds. The number of carboxylic acids is 1. The van der Waals surface area contributed by atoms with Crippen LogP contribution in [-0.2, 0) is 20.9 Å². The lowest BCUT2D eigenvalue weighted by atomic mass is 9.77. The van der Waals surface area contributed by atoms with E-state index in [4.69, 9.17) is 0 Å². The molecule has 1 spiro atoms. The average molecular weight is 336 g/mol. The van der Waals surface area contributed by atoms with Gasteiger partial charge in [0.1, 0.15) is 6.33 Å². The molecule has 0 saturated carbocycles. The SMILES string of the molecule is CN1C(=O)C[C@H](C(=O)O)C12CCN(C(=O)CCn1cnnn1)CC2. The Kier molecular flexibility index (Phi) is 4.20. The Balaban J connectivity index is 1.61. The van der Waals surface area contributed by atoms with Crippen molar-refractivity contribution in [2.24, 2.45) is 5.92 Å². The fourth-order valence-electron chi connectivity index (χ4n) is 3.78. The van der Waals surface area contributed by atoms with Crippen LogP contribution in [0.4, 0.5) is 0 Å². The topological polar surface area (TPSA) is 122 Å². The van der Waals surface area contributed by atoms with Gasteiger partial charge in [0.05, 0.1) is 18.0 Å². The number of hydrogen-bond donors (Lipinski definition) is 1. The highest BCUT2D eigenvalue weighted by molar-refractivity contribution is 5.88. The lowest BCUT2D eigenvalue weighted by Gasteiger charge is -2.45. The Bertz CT molecular complexity index is 638. The molecule has 0 unspecified atom stereocenters. The maximum Gasteiger partial charge on any atom is 0.309 e. The minimum Gasteiger partial charge on any atom is -0.481 e. The minimum absolute atomic E-state index is 0.0146. The zero-order valence-corrected chi connectivity index (χ0v) is 13.5. The van der Waals surface area contributed by atoms with E-state index >= 15 is 0 Å². The van der Waals surface area contributed by atoms with E-state index in [1.54, 1.807) is 16.8 Å². The molecule has 0 bridgehead atoms. The number of carboxylic acid groups (broad SMARTS) is 1. The van der Waals surface area contributed by atoms with E-state index in [9.17, 15) is 19.5 Å². The van der Waals surface area contributed by atoms with Gasteiger partial charge in [-0.3, -0.25) is 14.4 Å². The van der Waals surface area contributed by atoms with E-state index in [1.807, 2.05) is 0 Å². The number of tetrazole rings is 1. The number of nitrogens with zero attached hydrogens (tertiary/aromatic N) is 6. The number of carbonyl (C=O) groups is 3. The van der Waals surface area contributed by atoms with Gasteiger partial charge in [-0.15, -0.1) is 5.10 Å². The van der Waals surface area contributed by atoms with Crippen molar-refractivity contribution in [2.45, 2.75) is 37.8 Å². The molecular weight excluding hydrogens is 316 g/mol. The van der Waals surface area contributed by atoms with E-state index in [2.05, 4.69) is 15.5 Å². The van der Waals surface area contributed by atoms with Crippen molar-refractivity contribution in [1.29, 1.82) is 0 Å². The summed E-state index contributed by atoms with van der Waals surface area (Å²) < 4.78 is 1.49. The van der Waals surface area contributed by atoms with E-state index in [-0.39, 0.29) is 24.7 Å². The van der Waals surface area contributed by atoms with Crippen molar-refractivity contribution >= 4 is 17.8 Å². The third-order valence-electron chi connectivity index (χ3n) is 5.30. The molecule has 1 aromatic rings. The molecule has 3 heterocycles. The lowest BCUT2D eigenvalue weighted by Crippen LogP contribution is -2.57. The predicted molar refractivity (Wildman–Crippen MR) is 79.5 cm³/mol.